The summed E-state index contributed by atoms with van der Waals surface area (Å²) in [5, 5.41) is 3.75. The van der Waals surface area contributed by atoms with E-state index in [1.807, 2.05) is 11.8 Å². The lowest BCUT2D eigenvalue weighted by molar-refractivity contribution is -0.275. The zero-order valence-corrected chi connectivity index (χ0v) is 13.4. The maximum atomic E-state index is 12.6. The van der Waals surface area contributed by atoms with Gasteiger partial charge in [0.2, 0.25) is 0 Å². The molecule has 0 aromatic heterocycles. The van der Waals surface area contributed by atoms with Crippen molar-refractivity contribution in [2.24, 2.45) is 0 Å². The van der Waals surface area contributed by atoms with Crippen molar-refractivity contribution in [2.45, 2.75) is 29.8 Å². The first-order valence-corrected chi connectivity index (χ1v) is 8.77. The summed E-state index contributed by atoms with van der Waals surface area (Å²) in [7, 11) is 1.78. The van der Waals surface area contributed by atoms with Gasteiger partial charge in [0.05, 0.1) is 0 Å². The van der Waals surface area contributed by atoms with Crippen LogP contribution in [-0.2, 0) is 0 Å². The number of benzene rings is 1. The van der Waals surface area contributed by atoms with E-state index in [1.165, 1.54) is 6.07 Å². The van der Waals surface area contributed by atoms with Gasteiger partial charge in [-0.2, -0.15) is 23.5 Å². The van der Waals surface area contributed by atoms with Crippen LogP contribution in [0.15, 0.2) is 24.3 Å². The number of ether oxygens (including phenoxy) is 1. The molecule has 1 fully saturated rings. The van der Waals surface area contributed by atoms with E-state index in [0.717, 1.165) is 11.5 Å². The third-order valence-corrected chi connectivity index (χ3v) is 6.55. The first-order chi connectivity index (χ1) is 9.92. The van der Waals surface area contributed by atoms with Gasteiger partial charge in [0.15, 0.2) is 0 Å². The van der Waals surface area contributed by atoms with Gasteiger partial charge < -0.3 is 10.1 Å². The molecular weight excluding hydrogens is 319 g/mol. The molecule has 0 radical (unpaired) electrons. The number of nitrogens with one attached hydrogen (secondary N) is 1. The highest BCUT2D eigenvalue weighted by molar-refractivity contribution is 8.07. The lowest BCUT2D eigenvalue weighted by Gasteiger charge is -2.35. The summed E-state index contributed by atoms with van der Waals surface area (Å²) < 4.78 is 41.9. The molecule has 0 bridgehead atoms. The van der Waals surface area contributed by atoms with Crippen LogP contribution in [-0.4, -0.2) is 35.4 Å². The number of halogens is 3. The van der Waals surface area contributed by atoms with E-state index in [9.17, 15) is 13.2 Å². The predicted molar refractivity (Wildman–Crippen MR) is 83.1 cm³/mol. The van der Waals surface area contributed by atoms with Crippen LogP contribution in [0, 0.1) is 0 Å². The quantitative estimate of drug-likeness (QED) is 0.893. The Bertz CT molecular complexity index is 470. The van der Waals surface area contributed by atoms with E-state index < -0.39 is 6.36 Å². The van der Waals surface area contributed by atoms with Crippen LogP contribution < -0.4 is 10.1 Å². The fraction of sp³-hybridized carbons (Fsp3) is 0.571. The van der Waals surface area contributed by atoms with E-state index in [1.54, 1.807) is 37.0 Å². The molecule has 2 nitrogen and oxygen atoms in total. The Morgan fingerprint density at radius 2 is 1.90 bits per heavy atom. The average Bonchev–Trinajstić information content (AvgIpc) is 2.42. The largest absolute Gasteiger partial charge is 0.573 e. The maximum Gasteiger partial charge on any atom is 0.573 e. The van der Waals surface area contributed by atoms with Crippen molar-refractivity contribution < 1.29 is 17.9 Å². The van der Waals surface area contributed by atoms with Crippen molar-refractivity contribution >= 4 is 23.5 Å². The van der Waals surface area contributed by atoms with Gasteiger partial charge in [0.1, 0.15) is 5.75 Å². The Hall–Kier alpha value is -0.530. The molecule has 0 aliphatic carbocycles. The molecule has 1 N–H and O–H groups in total. The molecular formula is C14H18F3NOS2. The molecule has 0 spiro atoms. The van der Waals surface area contributed by atoms with Crippen LogP contribution in [0.4, 0.5) is 13.2 Å². The van der Waals surface area contributed by atoms with Gasteiger partial charge in [-0.3, -0.25) is 0 Å². The van der Waals surface area contributed by atoms with Crippen LogP contribution >= 0.6 is 23.5 Å². The van der Waals surface area contributed by atoms with Crippen molar-refractivity contribution in [2.75, 3.05) is 18.6 Å². The van der Waals surface area contributed by atoms with E-state index in [4.69, 9.17) is 0 Å². The predicted octanol–water partition coefficient (Wildman–Crippen LogP) is 4.08. The highest BCUT2D eigenvalue weighted by Gasteiger charge is 2.36. The summed E-state index contributed by atoms with van der Waals surface area (Å²) in [5.74, 6) is 1.98. The topological polar surface area (TPSA) is 21.3 Å². The SMILES string of the molecule is CNC(c1ccccc1OC(F)(F)F)C1SCCSC1C. The molecule has 1 saturated heterocycles. The number of hydrogen-bond acceptors (Lipinski definition) is 4. The summed E-state index contributed by atoms with van der Waals surface area (Å²) in [5.41, 5.74) is 0.559. The molecule has 7 heteroatoms. The van der Waals surface area contributed by atoms with Crippen LogP contribution in [0.3, 0.4) is 0 Å². The van der Waals surface area contributed by atoms with Gasteiger partial charge in [0, 0.05) is 33.6 Å². The third-order valence-electron chi connectivity index (χ3n) is 3.36. The van der Waals surface area contributed by atoms with Crippen molar-refractivity contribution in [3.8, 4) is 5.75 Å². The standard InChI is InChI=1S/C14H18F3NOS2/c1-9-13(21-8-7-20-9)12(18-2)10-5-3-4-6-11(10)19-14(15,16)17/h3-6,9,12-13,18H,7-8H2,1-2H3. The van der Waals surface area contributed by atoms with Gasteiger partial charge in [-0.25, -0.2) is 0 Å². The number of para-hydroxylation sites is 1. The summed E-state index contributed by atoms with van der Waals surface area (Å²) in [6.45, 7) is 2.12. The number of hydrogen-bond donors (Lipinski definition) is 1. The lowest BCUT2D eigenvalue weighted by Crippen LogP contribution is -2.36. The Morgan fingerprint density at radius 1 is 1.24 bits per heavy atom. The molecule has 0 saturated carbocycles. The zero-order valence-electron chi connectivity index (χ0n) is 11.8. The minimum Gasteiger partial charge on any atom is -0.405 e. The van der Waals surface area contributed by atoms with Gasteiger partial charge in [-0.05, 0) is 13.1 Å². The molecule has 3 atom stereocenters. The molecule has 1 aromatic carbocycles. The molecule has 2 rings (SSSR count). The average molecular weight is 337 g/mol. The van der Waals surface area contributed by atoms with Crippen molar-refractivity contribution in [1.29, 1.82) is 0 Å². The maximum absolute atomic E-state index is 12.6. The lowest BCUT2D eigenvalue weighted by atomic mass is 10.0. The molecule has 118 valence electrons. The van der Waals surface area contributed by atoms with Crippen LogP contribution in [0.2, 0.25) is 0 Å². The summed E-state index contributed by atoms with van der Waals surface area (Å²) in [4.78, 5) is 0. The Labute approximate surface area is 131 Å². The first kappa shape index (κ1) is 16.8. The Balaban J connectivity index is 2.29. The second-order valence-corrected chi connectivity index (χ2v) is 7.53. The number of alkyl halides is 3. The highest BCUT2D eigenvalue weighted by atomic mass is 32.2. The van der Waals surface area contributed by atoms with E-state index in [2.05, 4.69) is 17.0 Å². The fourth-order valence-corrected chi connectivity index (χ4v) is 5.45. The van der Waals surface area contributed by atoms with E-state index in [0.29, 0.717) is 10.8 Å². The molecule has 21 heavy (non-hydrogen) atoms. The molecule has 3 unspecified atom stereocenters. The monoisotopic (exact) mass is 337 g/mol. The highest BCUT2D eigenvalue weighted by Crippen LogP contribution is 2.41. The summed E-state index contributed by atoms with van der Waals surface area (Å²) >= 11 is 3.67. The zero-order chi connectivity index (χ0) is 15.5. The molecule has 1 aliphatic rings. The minimum absolute atomic E-state index is 0.118. The Kier molecular flexibility index (Phi) is 5.73. The first-order valence-electron chi connectivity index (χ1n) is 6.67. The fourth-order valence-electron chi connectivity index (χ4n) is 2.47. The van der Waals surface area contributed by atoms with Crippen molar-refractivity contribution in [3.63, 3.8) is 0 Å². The van der Waals surface area contributed by atoms with Gasteiger partial charge in [-0.1, -0.05) is 25.1 Å². The number of rotatable bonds is 4. The van der Waals surface area contributed by atoms with Gasteiger partial charge >= 0.3 is 6.36 Å². The second kappa shape index (κ2) is 7.15. The van der Waals surface area contributed by atoms with Crippen molar-refractivity contribution in [1.82, 2.24) is 5.32 Å². The third kappa shape index (κ3) is 4.47. The summed E-state index contributed by atoms with van der Waals surface area (Å²) in [6, 6.07) is 6.21. The molecule has 1 heterocycles. The minimum atomic E-state index is -4.67. The number of thioether (sulfide) groups is 2. The summed E-state index contributed by atoms with van der Waals surface area (Å²) in [6.07, 6.45) is -4.67. The molecule has 1 aromatic rings. The Morgan fingerprint density at radius 3 is 2.52 bits per heavy atom. The molecule has 1 aliphatic heterocycles. The van der Waals surface area contributed by atoms with E-state index in [-0.39, 0.29) is 17.0 Å². The van der Waals surface area contributed by atoms with Crippen LogP contribution in [0.5, 0.6) is 5.75 Å². The normalized spacial score (nSPS) is 24.6. The van der Waals surface area contributed by atoms with Crippen LogP contribution in [0.25, 0.3) is 0 Å². The van der Waals surface area contributed by atoms with Crippen molar-refractivity contribution in [3.05, 3.63) is 29.8 Å². The second-order valence-electron chi connectivity index (χ2n) is 4.76. The van der Waals surface area contributed by atoms with E-state index >= 15 is 0 Å². The van der Waals surface area contributed by atoms with Crippen LogP contribution in [0.1, 0.15) is 18.5 Å². The van der Waals surface area contributed by atoms with Gasteiger partial charge in [-0.15, -0.1) is 13.2 Å². The van der Waals surface area contributed by atoms with Gasteiger partial charge in [0.25, 0.3) is 0 Å². The molecule has 0 amide bonds. The smallest absolute Gasteiger partial charge is 0.405 e.